The Labute approximate surface area is 73.0 Å². The fourth-order valence-electron chi connectivity index (χ4n) is 1.50. The molecular weight excluding hydrogens is 156 g/mol. The lowest BCUT2D eigenvalue weighted by Gasteiger charge is -2.36. The second-order valence-corrected chi connectivity index (χ2v) is 3.58. The molecule has 0 radical (unpaired) electrons. The summed E-state index contributed by atoms with van der Waals surface area (Å²) in [4.78, 5) is 10.9. The molecule has 0 amide bonds. The molecule has 1 saturated heterocycles. The minimum absolute atomic E-state index is 0.103. The average Bonchev–Trinajstić information content (AvgIpc) is 1.82. The van der Waals surface area contributed by atoms with Crippen LogP contribution in [-0.2, 0) is 14.3 Å². The van der Waals surface area contributed by atoms with Crippen LogP contribution in [0.15, 0.2) is 0 Å². The Morgan fingerprint density at radius 2 is 2.33 bits per heavy atom. The molecule has 2 unspecified atom stereocenters. The van der Waals surface area contributed by atoms with Crippen molar-refractivity contribution in [2.75, 3.05) is 6.61 Å². The van der Waals surface area contributed by atoms with Crippen molar-refractivity contribution >= 4 is 5.78 Å². The first kappa shape index (κ1) is 9.68. The van der Waals surface area contributed by atoms with Crippen LogP contribution in [0.1, 0.15) is 33.6 Å². The summed E-state index contributed by atoms with van der Waals surface area (Å²) in [6.07, 6.45) is 1.45. The summed E-state index contributed by atoms with van der Waals surface area (Å²) >= 11 is 0. The molecule has 0 spiro atoms. The Hall–Kier alpha value is -0.410. The Morgan fingerprint density at radius 3 is 2.83 bits per heavy atom. The van der Waals surface area contributed by atoms with Gasteiger partial charge in [-0.2, -0.15) is 0 Å². The molecule has 3 heteroatoms. The Bertz CT molecular complexity index is 179. The number of rotatable bonds is 2. The lowest BCUT2D eigenvalue weighted by molar-refractivity contribution is -0.278. The average molecular weight is 172 g/mol. The van der Waals surface area contributed by atoms with Gasteiger partial charge in [-0.1, -0.05) is 0 Å². The molecule has 0 saturated carbocycles. The van der Waals surface area contributed by atoms with Gasteiger partial charge in [-0.15, -0.1) is 0 Å². The molecule has 0 bridgehead atoms. The molecular formula is C9H16O3. The van der Waals surface area contributed by atoms with Crippen molar-refractivity contribution < 1.29 is 14.3 Å². The fourth-order valence-corrected chi connectivity index (χ4v) is 1.50. The second-order valence-electron chi connectivity index (χ2n) is 3.58. The number of ketones is 1. The van der Waals surface area contributed by atoms with Crippen molar-refractivity contribution in [1.29, 1.82) is 0 Å². The van der Waals surface area contributed by atoms with Crippen molar-refractivity contribution in [2.45, 2.75) is 45.5 Å². The van der Waals surface area contributed by atoms with E-state index in [2.05, 4.69) is 0 Å². The highest BCUT2D eigenvalue weighted by Gasteiger charge is 2.33. The molecule has 1 fully saturated rings. The first-order valence-electron chi connectivity index (χ1n) is 4.33. The topological polar surface area (TPSA) is 35.5 Å². The largest absolute Gasteiger partial charge is 0.350 e. The van der Waals surface area contributed by atoms with E-state index >= 15 is 0 Å². The zero-order valence-corrected chi connectivity index (χ0v) is 7.92. The number of carbonyl (C=O) groups is 1. The van der Waals surface area contributed by atoms with Crippen LogP contribution in [0.4, 0.5) is 0 Å². The van der Waals surface area contributed by atoms with Crippen LogP contribution in [0.2, 0.25) is 0 Å². The van der Waals surface area contributed by atoms with Crippen molar-refractivity contribution in [2.24, 2.45) is 0 Å². The summed E-state index contributed by atoms with van der Waals surface area (Å²) in [7, 11) is 0. The molecule has 0 aromatic rings. The molecule has 0 aromatic carbocycles. The Kier molecular flexibility index (Phi) is 2.85. The third-order valence-corrected chi connectivity index (χ3v) is 1.95. The lowest BCUT2D eigenvalue weighted by Crippen LogP contribution is -2.42. The highest BCUT2D eigenvalue weighted by Crippen LogP contribution is 2.25. The molecule has 1 heterocycles. The third-order valence-electron chi connectivity index (χ3n) is 1.95. The van der Waals surface area contributed by atoms with Crippen LogP contribution in [0, 0.1) is 0 Å². The molecule has 70 valence electrons. The number of Topliss-reactive ketones (excluding diaryl/α,β-unsaturated/α-hetero) is 1. The number of hydrogen-bond acceptors (Lipinski definition) is 3. The van der Waals surface area contributed by atoms with Gasteiger partial charge in [0, 0.05) is 0 Å². The summed E-state index contributed by atoms with van der Waals surface area (Å²) in [6, 6.07) is 0. The van der Waals surface area contributed by atoms with Crippen LogP contribution < -0.4 is 0 Å². The van der Waals surface area contributed by atoms with E-state index in [4.69, 9.17) is 9.47 Å². The number of hydrogen-bond donors (Lipinski definition) is 0. The molecule has 0 N–H and O–H groups in total. The molecule has 0 aromatic heterocycles. The van der Waals surface area contributed by atoms with Crippen LogP contribution in [0.3, 0.4) is 0 Å². The maximum Gasteiger partial charge on any atom is 0.172 e. The summed E-state index contributed by atoms with van der Waals surface area (Å²) in [5.41, 5.74) is 0. The maximum absolute atomic E-state index is 10.9. The predicted molar refractivity (Wildman–Crippen MR) is 44.8 cm³/mol. The predicted octanol–water partition coefficient (Wildman–Crippen LogP) is 1.51. The van der Waals surface area contributed by atoms with E-state index in [0.29, 0.717) is 13.0 Å². The van der Waals surface area contributed by atoms with Crippen molar-refractivity contribution in [3.63, 3.8) is 0 Å². The van der Waals surface area contributed by atoms with Gasteiger partial charge in [0.15, 0.2) is 5.79 Å². The van der Waals surface area contributed by atoms with E-state index in [1.54, 1.807) is 6.92 Å². The van der Waals surface area contributed by atoms with Gasteiger partial charge < -0.3 is 9.47 Å². The molecule has 2 atom stereocenters. The molecule has 1 aliphatic heterocycles. The summed E-state index contributed by atoms with van der Waals surface area (Å²) in [6.45, 7) is 6.06. The molecule has 0 aliphatic carbocycles. The quantitative estimate of drug-likeness (QED) is 0.633. The molecule has 1 aliphatic rings. The minimum Gasteiger partial charge on any atom is -0.350 e. The first-order chi connectivity index (χ1) is 5.52. The Balaban J connectivity index is 2.51. The number of ether oxygens (including phenoxy) is 2. The van der Waals surface area contributed by atoms with Crippen LogP contribution in [0.5, 0.6) is 0 Å². The summed E-state index contributed by atoms with van der Waals surface area (Å²) < 4.78 is 10.9. The second kappa shape index (κ2) is 3.54. The zero-order valence-electron chi connectivity index (χ0n) is 7.92. The summed E-state index contributed by atoms with van der Waals surface area (Å²) in [5, 5.41) is 0. The standard InChI is InChI=1S/C9H16O3/c1-7(10)6-9(3)11-5-4-8(2)12-9/h8H,4-6H2,1-3H3. The van der Waals surface area contributed by atoms with E-state index in [9.17, 15) is 4.79 Å². The normalized spacial score (nSPS) is 36.4. The van der Waals surface area contributed by atoms with Gasteiger partial charge in [0.25, 0.3) is 0 Å². The van der Waals surface area contributed by atoms with Crippen molar-refractivity contribution in [3.05, 3.63) is 0 Å². The van der Waals surface area contributed by atoms with Gasteiger partial charge in [0.05, 0.1) is 19.1 Å². The molecule has 3 nitrogen and oxygen atoms in total. The fraction of sp³-hybridized carbons (Fsp3) is 0.889. The van der Waals surface area contributed by atoms with Crippen molar-refractivity contribution in [1.82, 2.24) is 0 Å². The van der Waals surface area contributed by atoms with Gasteiger partial charge in [0.2, 0.25) is 0 Å². The van der Waals surface area contributed by atoms with E-state index < -0.39 is 5.79 Å². The minimum atomic E-state index is -0.677. The van der Waals surface area contributed by atoms with Crippen LogP contribution >= 0.6 is 0 Å². The van der Waals surface area contributed by atoms with Gasteiger partial charge in [-0.3, -0.25) is 4.79 Å². The number of carbonyl (C=O) groups excluding carboxylic acids is 1. The van der Waals surface area contributed by atoms with Gasteiger partial charge in [-0.05, 0) is 27.2 Å². The van der Waals surface area contributed by atoms with E-state index in [0.717, 1.165) is 6.42 Å². The third kappa shape index (κ3) is 2.57. The van der Waals surface area contributed by atoms with Crippen LogP contribution in [-0.4, -0.2) is 24.3 Å². The van der Waals surface area contributed by atoms with Gasteiger partial charge >= 0.3 is 0 Å². The van der Waals surface area contributed by atoms with Gasteiger partial charge in [-0.25, -0.2) is 0 Å². The smallest absolute Gasteiger partial charge is 0.172 e. The monoisotopic (exact) mass is 172 g/mol. The van der Waals surface area contributed by atoms with E-state index in [-0.39, 0.29) is 11.9 Å². The molecule has 1 rings (SSSR count). The Morgan fingerprint density at radius 1 is 1.67 bits per heavy atom. The highest BCUT2D eigenvalue weighted by atomic mass is 16.7. The van der Waals surface area contributed by atoms with Gasteiger partial charge in [0.1, 0.15) is 5.78 Å². The van der Waals surface area contributed by atoms with Crippen LogP contribution in [0.25, 0.3) is 0 Å². The lowest BCUT2D eigenvalue weighted by atomic mass is 10.1. The summed E-state index contributed by atoms with van der Waals surface area (Å²) in [5.74, 6) is -0.574. The highest BCUT2D eigenvalue weighted by molar-refractivity contribution is 5.76. The van der Waals surface area contributed by atoms with E-state index in [1.165, 1.54) is 0 Å². The first-order valence-corrected chi connectivity index (χ1v) is 4.33. The zero-order chi connectivity index (χ0) is 9.19. The van der Waals surface area contributed by atoms with Crippen molar-refractivity contribution in [3.8, 4) is 0 Å². The van der Waals surface area contributed by atoms with E-state index in [1.807, 2.05) is 13.8 Å². The molecule has 12 heavy (non-hydrogen) atoms. The maximum atomic E-state index is 10.9. The SMILES string of the molecule is CC(=O)CC1(C)OCCC(C)O1.